The number of aromatic hydroxyl groups is 1. The third-order valence-electron chi connectivity index (χ3n) is 12.6. The van der Waals surface area contributed by atoms with Crippen molar-refractivity contribution >= 4 is 5.78 Å². The molecule has 1 heterocycles. The van der Waals surface area contributed by atoms with E-state index in [2.05, 4.69) is 6.92 Å². The van der Waals surface area contributed by atoms with E-state index in [1.165, 1.54) is 0 Å². The van der Waals surface area contributed by atoms with Gasteiger partial charge in [0.1, 0.15) is 30.2 Å². The van der Waals surface area contributed by atoms with E-state index in [4.69, 9.17) is 9.47 Å². The van der Waals surface area contributed by atoms with E-state index in [1.54, 1.807) is 19.9 Å². The van der Waals surface area contributed by atoms with Crippen molar-refractivity contribution in [3.63, 3.8) is 0 Å². The van der Waals surface area contributed by atoms with E-state index < -0.39 is 77.3 Å². The van der Waals surface area contributed by atoms with Crippen molar-refractivity contribution in [2.45, 2.75) is 135 Å². The molecule has 1 aromatic rings. The quantitative estimate of drug-likeness (QED) is 0.200. The van der Waals surface area contributed by atoms with E-state index in [1.807, 2.05) is 33.8 Å². The van der Waals surface area contributed by atoms with Gasteiger partial charge in [0.2, 0.25) is 6.29 Å². The van der Waals surface area contributed by atoms with Crippen LogP contribution >= 0.6 is 0 Å². The van der Waals surface area contributed by atoms with Crippen LogP contribution in [0.4, 0.5) is 0 Å². The van der Waals surface area contributed by atoms with Crippen LogP contribution in [0, 0.1) is 29.6 Å². The number of benzene rings is 1. The Bertz CT molecular complexity index is 1380. The number of fused-ring (bicyclic) bond motifs is 5. The van der Waals surface area contributed by atoms with Crippen molar-refractivity contribution < 1.29 is 55.1 Å². The van der Waals surface area contributed by atoms with Crippen molar-refractivity contribution in [3.05, 3.63) is 34.4 Å². The first-order valence-electron chi connectivity index (χ1n) is 16.4. The first kappa shape index (κ1) is 35.2. The topological polar surface area (TPSA) is 197 Å². The number of allylic oxidation sites excluding steroid dienone is 1. The average Bonchev–Trinajstić information content (AvgIpc) is 3.19. The van der Waals surface area contributed by atoms with Crippen LogP contribution in [0.3, 0.4) is 0 Å². The number of aliphatic hydroxyl groups excluding tert-OH is 6. The zero-order valence-corrected chi connectivity index (χ0v) is 27.9. The highest BCUT2D eigenvalue weighted by Crippen LogP contribution is 2.72. The summed E-state index contributed by atoms with van der Waals surface area (Å²) in [6, 6.07) is 1.58. The van der Waals surface area contributed by atoms with Gasteiger partial charge in [0.15, 0.2) is 11.5 Å². The number of hydrogen-bond donors (Lipinski definition) is 8. The Balaban J connectivity index is 1.55. The predicted octanol–water partition coefficient (Wildman–Crippen LogP) is 1.53. The Labute approximate surface area is 270 Å². The van der Waals surface area contributed by atoms with Crippen LogP contribution < -0.4 is 4.74 Å². The minimum absolute atomic E-state index is 0.0476. The lowest BCUT2D eigenvalue weighted by Gasteiger charge is -2.62. The summed E-state index contributed by atoms with van der Waals surface area (Å²) in [5.41, 5.74) is -1.25. The smallest absolute Gasteiger partial charge is 0.229 e. The molecule has 0 aromatic heterocycles. The first-order chi connectivity index (χ1) is 21.3. The number of carbonyl (C=O) groups is 1. The zero-order valence-electron chi connectivity index (χ0n) is 27.9. The minimum atomic E-state index is -1.69. The van der Waals surface area contributed by atoms with Gasteiger partial charge in [0, 0.05) is 12.3 Å². The van der Waals surface area contributed by atoms with Crippen molar-refractivity contribution in [2.24, 2.45) is 22.7 Å². The molecule has 2 saturated carbocycles. The molecular formula is C35H52O11. The van der Waals surface area contributed by atoms with Crippen molar-refractivity contribution in [2.75, 3.05) is 6.61 Å². The third kappa shape index (κ3) is 4.96. The fraction of sp³-hybridized carbons (Fsp3) is 0.743. The van der Waals surface area contributed by atoms with Gasteiger partial charge < -0.3 is 50.3 Å². The molecule has 46 heavy (non-hydrogen) atoms. The summed E-state index contributed by atoms with van der Waals surface area (Å²) >= 11 is 0. The molecule has 0 radical (unpaired) electrons. The van der Waals surface area contributed by atoms with Crippen molar-refractivity contribution in [1.82, 2.24) is 0 Å². The highest BCUT2D eigenvalue weighted by molar-refractivity contribution is 5.93. The second-order valence-corrected chi connectivity index (χ2v) is 15.4. The molecule has 8 N–H and O–H groups in total. The number of phenols is 1. The lowest BCUT2D eigenvalue weighted by Crippen LogP contribution is -2.64. The maximum Gasteiger partial charge on any atom is 0.229 e. The molecule has 11 heteroatoms. The van der Waals surface area contributed by atoms with Crippen LogP contribution in [0.1, 0.15) is 83.9 Å². The van der Waals surface area contributed by atoms with E-state index in [9.17, 15) is 45.6 Å². The summed E-state index contributed by atoms with van der Waals surface area (Å²) < 4.78 is 11.4. The van der Waals surface area contributed by atoms with Gasteiger partial charge in [-0.3, -0.25) is 4.79 Å². The van der Waals surface area contributed by atoms with E-state index >= 15 is 0 Å². The molecule has 11 nitrogen and oxygen atoms in total. The van der Waals surface area contributed by atoms with Gasteiger partial charge in [-0.1, -0.05) is 25.5 Å². The molecule has 5 rings (SSSR count). The largest absolute Gasteiger partial charge is 0.504 e. The van der Waals surface area contributed by atoms with Gasteiger partial charge in [-0.15, -0.1) is 0 Å². The lowest BCUT2D eigenvalue weighted by molar-refractivity contribution is -0.277. The Morgan fingerprint density at radius 1 is 1.13 bits per heavy atom. The van der Waals surface area contributed by atoms with Crippen molar-refractivity contribution in [3.8, 4) is 11.5 Å². The number of ether oxygens (including phenoxy) is 2. The number of ketones is 1. The van der Waals surface area contributed by atoms with Crippen LogP contribution in [-0.2, 0) is 21.4 Å². The van der Waals surface area contributed by atoms with Crippen LogP contribution in [0.2, 0.25) is 0 Å². The van der Waals surface area contributed by atoms with Crippen LogP contribution in [0.5, 0.6) is 11.5 Å². The number of rotatable bonds is 7. The zero-order chi connectivity index (χ0) is 34.3. The molecule has 13 atom stereocenters. The maximum atomic E-state index is 14.6. The standard InChI is InChI=1S/C35H52O11/c1-16(2)8-11-24(38)35(7,44)30-20(37)13-32(4)23-10-9-18-17(3)26(40)21(12-19(18)34(23,6)25(39)14-33(30,32)5)45-31-29(43)28(42)27(41)22(15-36)46-31/h8,12,20,22-24,27-31,36-38,40-44H,9-11,13-15H2,1-7H3. The number of aliphatic hydroxyl groups is 7. The second kappa shape index (κ2) is 11.8. The molecule has 1 saturated heterocycles. The van der Waals surface area contributed by atoms with Gasteiger partial charge in [-0.25, -0.2) is 0 Å². The Morgan fingerprint density at radius 2 is 1.78 bits per heavy atom. The summed E-state index contributed by atoms with van der Waals surface area (Å²) in [6.07, 6.45) is -6.21. The number of carbonyl (C=O) groups excluding carboxylic acids is 1. The summed E-state index contributed by atoms with van der Waals surface area (Å²) in [5, 5.41) is 86.6. The Hall–Kier alpha value is -2.09. The molecule has 0 spiro atoms. The van der Waals surface area contributed by atoms with Gasteiger partial charge in [0.05, 0.1) is 29.8 Å². The van der Waals surface area contributed by atoms with E-state index in [-0.39, 0.29) is 36.0 Å². The third-order valence-corrected chi connectivity index (χ3v) is 12.6. The van der Waals surface area contributed by atoms with E-state index in [0.29, 0.717) is 30.4 Å². The molecule has 1 aromatic carbocycles. The average molecular weight is 649 g/mol. The fourth-order valence-electron chi connectivity index (χ4n) is 9.81. The normalized spacial score (nSPS) is 42.3. The van der Waals surface area contributed by atoms with Crippen LogP contribution in [0.25, 0.3) is 0 Å². The number of Topliss-reactive ketones (excluding diaryl/α,β-unsaturated/α-hetero) is 1. The maximum absolute atomic E-state index is 14.6. The summed E-state index contributed by atoms with van der Waals surface area (Å²) in [5.74, 6) is -1.42. The van der Waals surface area contributed by atoms with Crippen LogP contribution in [0.15, 0.2) is 17.7 Å². The molecule has 0 bridgehead atoms. The molecular weight excluding hydrogens is 596 g/mol. The molecule has 3 fully saturated rings. The molecule has 13 unspecified atom stereocenters. The van der Waals surface area contributed by atoms with Gasteiger partial charge in [-0.2, -0.15) is 0 Å². The molecule has 3 aliphatic carbocycles. The predicted molar refractivity (Wildman–Crippen MR) is 167 cm³/mol. The fourth-order valence-corrected chi connectivity index (χ4v) is 9.81. The monoisotopic (exact) mass is 648 g/mol. The molecule has 4 aliphatic rings. The highest BCUT2D eigenvalue weighted by Gasteiger charge is 2.73. The SMILES string of the molecule is CC(C)=CCC(O)C(C)(O)C1C(O)CC2(C)C3CCc4c(cc(OC5OC(CO)C(O)C(O)C5O)c(O)c4C)C3(C)C(=O)CC12C. The Kier molecular flexibility index (Phi) is 9.04. The van der Waals surface area contributed by atoms with Gasteiger partial charge in [0.25, 0.3) is 0 Å². The summed E-state index contributed by atoms with van der Waals surface area (Å²) in [6.45, 7) is 12.4. The minimum Gasteiger partial charge on any atom is -0.504 e. The lowest BCUT2D eigenvalue weighted by atomic mass is 9.41. The van der Waals surface area contributed by atoms with Gasteiger partial charge in [-0.05, 0) is 99.8 Å². The molecule has 1 aliphatic heterocycles. The number of hydrogen-bond acceptors (Lipinski definition) is 11. The molecule has 258 valence electrons. The van der Waals surface area contributed by atoms with Crippen molar-refractivity contribution in [1.29, 1.82) is 0 Å². The highest BCUT2D eigenvalue weighted by atomic mass is 16.7. The van der Waals surface area contributed by atoms with Gasteiger partial charge >= 0.3 is 0 Å². The van der Waals surface area contributed by atoms with Crippen LogP contribution in [-0.4, -0.2) is 102 Å². The number of phenolic OH excluding ortho intramolecular Hbond substituents is 1. The second-order valence-electron chi connectivity index (χ2n) is 15.4. The van der Waals surface area contributed by atoms with E-state index in [0.717, 1.165) is 11.1 Å². The molecule has 0 amide bonds. The summed E-state index contributed by atoms with van der Waals surface area (Å²) in [4.78, 5) is 14.6. The Morgan fingerprint density at radius 3 is 2.39 bits per heavy atom. The first-order valence-corrected chi connectivity index (χ1v) is 16.4. The summed E-state index contributed by atoms with van der Waals surface area (Å²) in [7, 11) is 0.